The molecule has 1 aromatic heterocycles. The van der Waals surface area contributed by atoms with E-state index >= 15 is 0 Å². The average Bonchev–Trinajstić information content (AvgIpc) is 3.14. The van der Waals surface area contributed by atoms with E-state index in [-0.39, 0.29) is 18.0 Å². The SMILES string of the molecule is CCCCCCCCCCCCCCOC[C@@H](N)COP(=O)(O)OC[C@H]1O[C@@H](n2ccc(=O)[nH]c2=S)C(C)(O)[C@H]1O. The van der Waals surface area contributed by atoms with Crippen LogP contribution in [0, 0.1) is 4.77 Å². The molecule has 1 fully saturated rings. The minimum atomic E-state index is -4.53. The predicted molar refractivity (Wildman–Crippen MR) is 158 cm³/mol. The summed E-state index contributed by atoms with van der Waals surface area (Å²) in [6, 6.07) is 0.560. The van der Waals surface area contributed by atoms with Gasteiger partial charge in [0.1, 0.15) is 17.8 Å². The van der Waals surface area contributed by atoms with E-state index in [0.717, 1.165) is 12.8 Å². The van der Waals surface area contributed by atoms with Gasteiger partial charge in [-0.15, -0.1) is 0 Å². The molecule has 2 rings (SSSR count). The number of unbranched alkanes of at least 4 members (excludes halogenated alkanes) is 11. The minimum absolute atomic E-state index is 0.0253. The molecule has 6 N–H and O–H groups in total. The molecule has 0 saturated carbocycles. The number of aliphatic hydroxyl groups is 2. The number of hydrogen-bond donors (Lipinski definition) is 5. The summed E-state index contributed by atoms with van der Waals surface area (Å²) in [5, 5.41) is 21.3. The van der Waals surface area contributed by atoms with Crippen LogP contribution < -0.4 is 11.3 Å². The number of hydrogen-bond acceptors (Lipinski definition) is 10. The zero-order chi connectivity index (χ0) is 30.3. The van der Waals surface area contributed by atoms with Crippen LogP contribution in [0.1, 0.15) is 97.1 Å². The highest BCUT2D eigenvalue weighted by atomic mass is 32.1. The molecule has 238 valence electrons. The maximum Gasteiger partial charge on any atom is 0.472 e. The number of ether oxygens (including phenoxy) is 2. The molecule has 1 saturated heterocycles. The summed E-state index contributed by atoms with van der Waals surface area (Å²) in [6.07, 6.45) is 12.6. The molecule has 6 atom stereocenters. The van der Waals surface area contributed by atoms with Gasteiger partial charge in [0.25, 0.3) is 5.56 Å². The predicted octanol–water partition coefficient (Wildman–Crippen LogP) is 4.09. The van der Waals surface area contributed by atoms with Crippen LogP contribution in [0.5, 0.6) is 0 Å². The van der Waals surface area contributed by atoms with E-state index in [0.29, 0.717) is 6.61 Å². The topological polar surface area (TPSA) is 178 Å². The maximum absolute atomic E-state index is 12.3. The van der Waals surface area contributed by atoms with Gasteiger partial charge < -0.3 is 30.3 Å². The van der Waals surface area contributed by atoms with Crippen molar-refractivity contribution in [2.45, 2.75) is 121 Å². The van der Waals surface area contributed by atoms with Crippen molar-refractivity contribution < 1.29 is 38.2 Å². The van der Waals surface area contributed by atoms with E-state index in [9.17, 15) is 24.5 Å². The van der Waals surface area contributed by atoms with Crippen molar-refractivity contribution in [3.05, 3.63) is 27.4 Å². The van der Waals surface area contributed by atoms with Crippen LogP contribution in [0.3, 0.4) is 0 Å². The van der Waals surface area contributed by atoms with Gasteiger partial charge in [-0.3, -0.25) is 23.4 Å². The number of nitrogens with zero attached hydrogens (tertiary/aromatic N) is 1. The first kappa shape index (κ1) is 36.2. The molecule has 0 aliphatic carbocycles. The number of H-pyrrole nitrogens is 1. The molecule has 41 heavy (non-hydrogen) atoms. The summed E-state index contributed by atoms with van der Waals surface area (Å²) >= 11 is 5.10. The molecule has 0 spiro atoms. The van der Waals surface area contributed by atoms with Crippen molar-refractivity contribution in [3.63, 3.8) is 0 Å². The summed E-state index contributed by atoms with van der Waals surface area (Å²) in [4.78, 5) is 23.9. The molecule has 2 heterocycles. The summed E-state index contributed by atoms with van der Waals surface area (Å²) < 4.78 is 34.8. The van der Waals surface area contributed by atoms with Crippen LogP contribution in [0.4, 0.5) is 0 Å². The number of phosphoric ester groups is 1. The highest BCUT2D eigenvalue weighted by Gasteiger charge is 2.53. The molecular formula is C27H50N3O9PS. The third-order valence-corrected chi connectivity index (χ3v) is 8.45. The van der Waals surface area contributed by atoms with Crippen molar-refractivity contribution in [2.24, 2.45) is 5.73 Å². The molecule has 0 bridgehead atoms. The second-order valence-electron chi connectivity index (χ2n) is 11.0. The Balaban J connectivity index is 1.57. The largest absolute Gasteiger partial charge is 0.472 e. The highest BCUT2D eigenvalue weighted by Crippen LogP contribution is 2.45. The number of nitrogens with two attached hydrogens (primary N) is 1. The molecule has 1 aliphatic heterocycles. The summed E-state index contributed by atoms with van der Waals surface area (Å²) in [5.74, 6) is 0. The molecule has 2 unspecified atom stereocenters. The Morgan fingerprint density at radius 2 is 1.68 bits per heavy atom. The minimum Gasteiger partial charge on any atom is -0.387 e. The Morgan fingerprint density at radius 1 is 1.10 bits per heavy atom. The first-order valence-electron chi connectivity index (χ1n) is 14.8. The van der Waals surface area contributed by atoms with Crippen LogP contribution in [0.25, 0.3) is 0 Å². The fraction of sp³-hybridized carbons (Fsp3) is 0.852. The first-order valence-corrected chi connectivity index (χ1v) is 16.7. The number of rotatable bonds is 22. The maximum atomic E-state index is 12.3. The Labute approximate surface area is 248 Å². The van der Waals surface area contributed by atoms with Gasteiger partial charge in [-0.25, -0.2) is 4.57 Å². The van der Waals surface area contributed by atoms with Crippen LogP contribution in [-0.4, -0.2) is 74.9 Å². The molecule has 1 aliphatic rings. The number of aromatic nitrogens is 2. The van der Waals surface area contributed by atoms with Gasteiger partial charge in [-0.2, -0.15) is 0 Å². The quantitative estimate of drug-likeness (QED) is 0.0714. The van der Waals surface area contributed by atoms with E-state index in [2.05, 4.69) is 11.9 Å². The summed E-state index contributed by atoms with van der Waals surface area (Å²) in [7, 11) is -4.53. The van der Waals surface area contributed by atoms with Crippen LogP contribution in [0.2, 0.25) is 0 Å². The Hall–Kier alpha value is -0.990. The number of phosphoric acid groups is 1. The van der Waals surface area contributed by atoms with Crippen molar-refractivity contribution in [3.8, 4) is 0 Å². The van der Waals surface area contributed by atoms with Gasteiger partial charge >= 0.3 is 7.82 Å². The Morgan fingerprint density at radius 3 is 2.27 bits per heavy atom. The van der Waals surface area contributed by atoms with Gasteiger partial charge in [0.2, 0.25) is 0 Å². The fourth-order valence-corrected chi connectivity index (χ4v) is 5.76. The monoisotopic (exact) mass is 623 g/mol. The third-order valence-electron chi connectivity index (χ3n) is 7.19. The van der Waals surface area contributed by atoms with Gasteiger partial charge in [0, 0.05) is 18.9 Å². The molecule has 1 aromatic rings. The van der Waals surface area contributed by atoms with Crippen molar-refractivity contribution >= 4 is 20.0 Å². The lowest BCUT2D eigenvalue weighted by atomic mass is 9.96. The van der Waals surface area contributed by atoms with Crippen molar-refractivity contribution in [2.75, 3.05) is 26.4 Å². The first-order chi connectivity index (χ1) is 19.5. The number of aromatic amines is 1. The average molecular weight is 624 g/mol. The standard InChI is InChI=1S/C27H50N3O9PS/c1-3-4-5-6-7-8-9-10-11-12-13-14-17-36-18-21(28)19-37-40(34,35)38-20-22-24(32)27(2,33)25(39-22)30-16-15-23(31)29-26(30)41/h15-16,21-22,24-25,32-33H,3-14,17-20,28H2,1-2H3,(H,34,35)(H,29,31,41)/t21-,22-,24+,25-,27?/m1/s1. The van der Waals surface area contributed by atoms with E-state index in [1.54, 1.807) is 0 Å². The van der Waals surface area contributed by atoms with Gasteiger partial charge in [-0.1, -0.05) is 77.6 Å². The Bertz CT molecular complexity index is 1040. The smallest absolute Gasteiger partial charge is 0.387 e. The van der Waals surface area contributed by atoms with Crippen LogP contribution >= 0.6 is 20.0 Å². The second-order valence-corrected chi connectivity index (χ2v) is 12.8. The highest BCUT2D eigenvalue weighted by molar-refractivity contribution is 7.71. The van der Waals surface area contributed by atoms with Crippen LogP contribution in [0.15, 0.2) is 17.1 Å². The second kappa shape index (κ2) is 18.6. The zero-order valence-electron chi connectivity index (χ0n) is 24.4. The van der Waals surface area contributed by atoms with Gasteiger partial charge in [0.15, 0.2) is 11.0 Å². The van der Waals surface area contributed by atoms with Crippen molar-refractivity contribution in [1.82, 2.24) is 9.55 Å². The number of aliphatic hydroxyl groups excluding tert-OH is 1. The molecule has 14 heteroatoms. The van der Waals surface area contributed by atoms with E-state index in [1.807, 2.05) is 0 Å². The lowest BCUT2D eigenvalue weighted by molar-refractivity contribution is -0.0978. The lowest BCUT2D eigenvalue weighted by Crippen LogP contribution is -2.44. The van der Waals surface area contributed by atoms with E-state index in [4.69, 9.17) is 36.5 Å². The molecule has 12 nitrogen and oxygen atoms in total. The van der Waals surface area contributed by atoms with Gasteiger partial charge in [0.05, 0.1) is 25.9 Å². The number of nitrogens with one attached hydrogen (secondary N) is 1. The normalized spacial score (nSPS) is 24.9. The van der Waals surface area contributed by atoms with Crippen molar-refractivity contribution in [1.29, 1.82) is 0 Å². The molecule has 0 radical (unpaired) electrons. The summed E-state index contributed by atoms with van der Waals surface area (Å²) in [5.41, 5.74) is 3.67. The molecule has 0 aromatic carbocycles. The molecule has 0 amide bonds. The van der Waals surface area contributed by atoms with E-state index < -0.39 is 50.1 Å². The molecular weight excluding hydrogens is 573 g/mol. The fourth-order valence-electron chi connectivity index (χ4n) is 4.71. The van der Waals surface area contributed by atoms with Crippen LogP contribution in [-0.2, 0) is 23.1 Å². The zero-order valence-corrected chi connectivity index (χ0v) is 26.2. The third kappa shape index (κ3) is 13.0. The summed E-state index contributed by atoms with van der Waals surface area (Å²) in [6.45, 7) is 3.47. The van der Waals surface area contributed by atoms with E-state index in [1.165, 1.54) is 88.0 Å². The Kier molecular flexibility index (Phi) is 16.4. The lowest BCUT2D eigenvalue weighted by Gasteiger charge is -2.27. The van der Waals surface area contributed by atoms with Gasteiger partial charge in [-0.05, 0) is 25.6 Å².